The number of H-pyrrole nitrogens is 1. The zero-order valence-corrected chi connectivity index (χ0v) is 14.4. The van der Waals surface area contributed by atoms with Gasteiger partial charge in [-0.2, -0.15) is 0 Å². The van der Waals surface area contributed by atoms with Gasteiger partial charge in [0.15, 0.2) is 4.77 Å². The van der Waals surface area contributed by atoms with Gasteiger partial charge in [0.05, 0.1) is 23.2 Å². The van der Waals surface area contributed by atoms with Crippen molar-refractivity contribution >= 4 is 45.7 Å². The number of carbonyl (C=O) groups is 1. The first kappa shape index (κ1) is 15.7. The van der Waals surface area contributed by atoms with E-state index in [2.05, 4.69) is 10.3 Å². The lowest BCUT2D eigenvalue weighted by molar-refractivity contribution is 0.0937. The van der Waals surface area contributed by atoms with Crippen molar-refractivity contribution in [2.45, 2.75) is 0 Å². The van der Waals surface area contributed by atoms with E-state index in [0.29, 0.717) is 23.5 Å². The van der Waals surface area contributed by atoms with E-state index in [1.54, 1.807) is 19.2 Å². The van der Waals surface area contributed by atoms with Crippen molar-refractivity contribution in [3.05, 3.63) is 52.8 Å². The fourth-order valence-corrected chi connectivity index (χ4v) is 3.23. The molecule has 0 saturated carbocycles. The average molecular weight is 352 g/mol. The molecule has 0 aliphatic heterocycles. The molecule has 0 saturated heterocycles. The molecule has 2 N–H and O–H groups in total. The Morgan fingerprint density at radius 1 is 1.32 bits per heavy atom. The Hall–Kier alpha value is -2.77. The van der Waals surface area contributed by atoms with Gasteiger partial charge >= 0.3 is 0 Å². The molecule has 0 aliphatic rings. The van der Waals surface area contributed by atoms with E-state index in [4.69, 9.17) is 21.9 Å². The van der Waals surface area contributed by atoms with Gasteiger partial charge in [-0.3, -0.25) is 9.20 Å². The van der Waals surface area contributed by atoms with Crippen LogP contribution in [0.15, 0.2) is 42.5 Å². The van der Waals surface area contributed by atoms with E-state index in [0.717, 1.165) is 27.6 Å². The van der Waals surface area contributed by atoms with Crippen molar-refractivity contribution in [2.75, 3.05) is 20.3 Å². The predicted octanol–water partition coefficient (Wildman–Crippen LogP) is 3.07. The van der Waals surface area contributed by atoms with Crippen LogP contribution in [0.3, 0.4) is 0 Å². The molecule has 0 bridgehead atoms. The summed E-state index contributed by atoms with van der Waals surface area (Å²) in [5.74, 6) is -0.147. The van der Waals surface area contributed by atoms with Crippen LogP contribution in [-0.2, 0) is 4.74 Å². The van der Waals surface area contributed by atoms with Gasteiger partial charge < -0.3 is 15.0 Å². The van der Waals surface area contributed by atoms with Gasteiger partial charge in [-0.15, -0.1) is 0 Å². The van der Waals surface area contributed by atoms with Gasteiger partial charge in [-0.05, 0) is 42.5 Å². The summed E-state index contributed by atoms with van der Waals surface area (Å²) in [5, 5.41) is 3.73. The first-order valence-electron chi connectivity index (χ1n) is 7.89. The Balaban J connectivity index is 1.87. The molecule has 2 aromatic carbocycles. The number of hydrogen-bond donors (Lipinski definition) is 2. The second-order valence-corrected chi connectivity index (χ2v) is 6.09. The Morgan fingerprint density at radius 2 is 2.16 bits per heavy atom. The molecule has 0 atom stereocenters. The second-order valence-electron chi connectivity index (χ2n) is 5.70. The molecule has 2 heterocycles. The van der Waals surface area contributed by atoms with E-state index in [9.17, 15) is 4.79 Å². The number of fused-ring (bicyclic) bond motifs is 5. The van der Waals surface area contributed by atoms with Crippen molar-refractivity contribution in [2.24, 2.45) is 0 Å². The van der Waals surface area contributed by atoms with Gasteiger partial charge in [0.2, 0.25) is 0 Å². The highest BCUT2D eigenvalue weighted by atomic mass is 32.1. The maximum absolute atomic E-state index is 12.2. The van der Waals surface area contributed by atoms with E-state index in [-0.39, 0.29) is 5.91 Å². The zero-order chi connectivity index (χ0) is 17.4. The monoisotopic (exact) mass is 352 g/mol. The normalized spacial score (nSPS) is 11.4. The third kappa shape index (κ3) is 2.67. The fraction of sp³-hybridized carbons (Fsp3) is 0.167. The summed E-state index contributed by atoms with van der Waals surface area (Å²) in [4.78, 5) is 20.1. The molecule has 4 aromatic rings. The van der Waals surface area contributed by atoms with Crippen molar-refractivity contribution in [1.29, 1.82) is 0 Å². The Kier molecular flexibility index (Phi) is 3.95. The minimum atomic E-state index is -0.147. The molecule has 0 aliphatic carbocycles. The standard InChI is InChI=1S/C18H16N4O2S/c1-24-9-8-19-17(23)11-6-7-12-14(10-11)21-18(25)22-15-5-3-2-4-13(15)20-16(12)22/h2-7,10H,8-9H2,1H3,(H,19,23)(H,21,25). The topological polar surface area (TPSA) is 71.4 Å². The van der Waals surface area contributed by atoms with Gasteiger partial charge in [0.25, 0.3) is 5.91 Å². The highest BCUT2D eigenvalue weighted by Gasteiger charge is 2.12. The molecule has 2 aromatic heterocycles. The number of aromatic nitrogens is 3. The van der Waals surface area contributed by atoms with Crippen LogP contribution in [0.25, 0.3) is 27.6 Å². The van der Waals surface area contributed by atoms with E-state index in [1.807, 2.05) is 34.7 Å². The van der Waals surface area contributed by atoms with Crippen LogP contribution in [0.5, 0.6) is 0 Å². The first-order valence-corrected chi connectivity index (χ1v) is 8.30. The zero-order valence-electron chi connectivity index (χ0n) is 13.6. The van der Waals surface area contributed by atoms with Crippen molar-refractivity contribution in [1.82, 2.24) is 19.7 Å². The van der Waals surface area contributed by atoms with Crippen molar-refractivity contribution in [3.63, 3.8) is 0 Å². The Labute approximate surface area is 148 Å². The summed E-state index contributed by atoms with van der Waals surface area (Å²) in [5.41, 5.74) is 3.98. The number of nitrogens with one attached hydrogen (secondary N) is 2. The van der Waals surface area contributed by atoms with Crippen LogP contribution in [0.2, 0.25) is 0 Å². The molecular weight excluding hydrogens is 336 g/mol. The molecule has 0 spiro atoms. The maximum Gasteiger partial charge on any atom is 0.251 e. The molecular formula is C18H16N4O2S. The number of benzene rings is 2. The smallest absolute Gasteiger partial charge is 0.251 e. The highest BCUT2D eigenvalue weighted by Crippen LogP contribution is 2.24. The quantitative estimate of drug-likeness (QED) is 0.437. The number of aromatic amines is 1. The molecule has 0 unspecified atom stereocenters. The highest BCUT2D eigenvalue weighted by molar-refractivity contribution is 7.71. The van der Waals surface area contributed by atoms with Crippen LogP contribution < -0.4 is 5.32 Å². The fourth-order valence-electron chi connectivity index (χ4n) is 2.94. The van der Waals surface area contributed by atoms with Crippen molar-refractivity contribution in [3.8, 4) is 0 Å². The SMILES string of the molecule is COCCNC(=O)c1ccc2c(c1)[nH]c(=S)n1c3ccccc3nc21. The molecule has 6 nitrogen and oxygen atoms in total. The molecule has 1 amide bonds. The molecule has 126 valence electrons. The van der Waals surface area contributed by atoms with E-state index < -0.39 is 0 Å². The number of hydrogen-bond acceptors (Lipinski definition) is 4. The van der Waals surface area contributed by atoms with Gasteiger partial charge in [-0.25, -0.2) is 4.98 Å². The minimum Gasteiger partial charge on any atom is -0.383 e. The molecule has 4 rings (SSSR count). The number of ether oxygens (including phenoxy) is 1. The van der Waals surface area contributed by atoms with E-state index >= 15 is 0 Å². The van der Waals surface area contributed by atoms with Gasteiger partial charge in [0.1, 0.15) is 5.65 Å². The van der Waals surface area contributed by atoms with Gasteiger partial charge in [-0.1, -0.05) is 12.1 Å². The summed E-state index contributed by atoms with van der Waals surface area (Å²) in [6.45, 7) is 0.942. The molecule has 7 heteroatoms. The number of nitrogens with zero attached hydrogens (tertiary/aromatic N) is 2. The Bertz CT molecular complexity index is 1160. The summed E-state index contributed by atoms with van der Waals surface area (Å²) in [6, 6.07) is 13.3. The summed E-state index contributed by atoms with van der Waals surface area (Å²) >= 11 is 5.51. The number of methoxy groups -OCH3 is 1. The lowest BCUT2D eigenvalue weighted by Gasteiger charge is -2.07. The van der Waals surface area contributed by atoms with Crippen LogP contribution >= 0.6 is 12.2 Å². The van der Waals surface area contributed by atoms with E-state index in [1.165, 1.54) is 0 Å². The Morgan fingerprint density at radius 3 is 3.00 bits per heavy atom. The summed E-state index contributed by atoms with van der Waals surface area (Å²) in [6.07, 6.45) is 0. The summed E-state index contributed by atoms with van der Waals surface area (Å²) < 4.78 is 7.42. The number of amides is 1. The van der Waals surface area contributed by atoms with Crippen LogP contribution in [0.4, 0.5) is 0 Å². The average Bonchev–Trinajstić information content (AvgIpc) is 3.01. The minimum absolute atomic E-state index is 0.147. The molecule has 0 radical (unpaired) electrons. The molecule has 25 heavy (non-hydrogen) atoms. The first-order chi connectivity index (χ1) is 12.2. The largest absolute Gasteiger partial charge is 0.383 e. The third-order valence-corrected chi connectivity index (χ3v) is 4.40. The number of rotatable bonds is 4. The number of para-hydroxylation sites is 2. The van der Waals surface area contributed by atoms with Gasteiger partial charge in [0, 0.05) is 24.6 Å². The number of imidazole rings is 1. The lowest BCUT2D eigenvalue weighted by atomic mass is 10.1. The third-order valence-electron chi connectivity index (χ3n) is 4.12. The van der Waals surface area contributed by atoms with Crippen LogP contribution in [-0.4, -0.2) is 40.5 Å². The maximum atomic E-state index is 12.2. The summed E-state index contributed by atoms with van der Waals surface area (Å²) in [7, 11) is 1.60. The van der Waals surface area contributed by atoms with Crippen LogP contribution in [0, 0.1) is 4.77 Å². The van der Waals surface area contributed by atoms with Crippen molar-refractivity contribution < 1.29 is 9.53 Å². The second kappa shape index (κ2) is 6.27. The number of carbonyl (C=O) groups excluding carboxylic acids is 1. The lowest BCUT2D eigenvalue weighted by Crippen LogP contribution is -2.26. The van der Waals surface area contributed by atoms with Crippen LogP contribution in [0.1, 0.15) is 10.4 Å². The predicted molar refractivity (Wildman–Crippen MR) is 99.6 cm³/mol. The molecule has 0 fully saturated rings.